The van der Waals surface area contributed by atoms with Crippen molar-refractivity contribution in [2.45, 2.75) is 39.7 Å². The fraction of sp³-hybridized carbons (Fsp3) is 0.667. The van der Waals surface area contributed by atoms with Gasteiger partial charge in [0, 0.05) is 19.1 Å². The summed E-state index contributed by atoms with van der Waals surface area (Å²) < 4.78 is 5.75. The zero-order valence-electron chi connectivity index (χ0n) is 13.7. The van der Waals surface area contributed by atoms with Crippen molar-refractivity contribution in [1.82, 2.24) is 4.90 Å². The second kappa shape index (κ2) is 7.81. The number of hydrogen-bond donors (Lipinski definition) is 1. The summed E-state index contributed by atoms with van der Waals surface area (Å²) in [4.78, 5) is 2.55. The fourth-order valence-corrected chi connectivity index (χ4v) is 3.17. The Balaban J connectivity index is 2.07. The average molecular weight is 290 g/mol. The zero-order chi connectivity index (χ0) is 15.2. The Labute approximate surface area is 129 Å². The first-order valence-electron chi connectivity index (χ1n) is 8.32. The maximum absolute atomic E-state index is 6.07. The van der Waals surface area contributed by atoms with E-state index in [-0.39, 0.29) is 0 Å². The molecule has 0 radical (unpaired) electrons. The van der Waals surface area contributed by atoms with E-state index in [9.17, 15) is 0 Å². The highest BCUT2D eigenvalue weighted by Gasteiger charge is 2.29. The molecule has 1 heterocycles. The molecule has 118 valence electrons. The van der Waals surface area contributed by atoms with E-state index in [4.69, 9.17) is 10.5 Å². The van der Waals surface area contributed by atoms with E-state index in [1.165, 1.54) is 18.5 Å². The van der Waals surface area contributed by atoms with Crippen LogP contribution in [0.15, 0.2) is 24.3 Å². The lowest BCUT2D eigenvalue weighted by atomic mass is 9.95. The van der Waals surface area contributed by atoms with Gasteiger partial charge in [-0.1, -0.05) is 32.9 Å². The smallest absolute Gasteiger partial charge is 0.119 e. The number of hydrogen-bond acceptors (Lipinski definition) is 3. The van der Waals surface area contributed by atoms with Gasteiger partial charge in [0.25, 0.3) is 0 Å². The number of benzene rings is 1. The third-order valence-corrected chi connectivity index (χ3v) is 4.58. The first-order chi connectivity index (χ1) is 10.2. The summed E-state index contributed by atoms with van der Waals surface area (Å²) in [6, 6.07) is 8.78. The molecule has 0 aliphatic carbocycles. The van der Waals surface area contributed by atoms with Crippen LogP contribution in [0.3, 0.4) is 0 Å². The molecule has 1 aliphatic rings. The summed E-state index contributed by atoms with van der Waals surface area (Å²) >= 11 is 0. The van der Waals surface area contributed by atoms with E-state index < -0.39 is 0 Å². The largest absolute Gasteiger partial charge is 0.494 e. The van der Waals surface area contributed by atoms with Gasteiger partial charge in [-0.15, -0.1) is 0 Å². The van der Waals surface area contributed by atoms with Crippen LogP contribution in [-0.2, 0) is 0 Å². The molecule has 2 unspecified atom stereocenters. The Kier molecular flexibility index (Phi) is 6.07. The van der Waals surface area contributed by atoms with E-state index in [1.54, 1.807) is 0 Å². The van der Waals surface area contributed by atoms with E-state index in [0.29, 0.717) is 12.6 Å². The van der Waals surface area contributed by atoms with Crippen molar-refractivity contribution in [3.8, 4) is 5.75 Å². The van der Waals surface area contributed by atoms with Gasteiger partial charge >= 0.3 is 0 Å². The van der Waals surface area contributed by atoms with Crippen LogP contribution in [0, 0.1) is 11.8 Å². The number of nitrogens with two attached hydrogens (primary N) is 1. The van der Waals surface area contributed by atoms with Crippen LogP contribution in [0.5, 0.6) is 5.75 Å². The standard InChI is InChI=1S/C18H30N2O/c1-4-10-21-17-7-5-6-15(11-17)18(12-19)20-9-8-16(13-20)14(2)3/h5-7,11,14,16,18H,4,8-10,12-13,19H2,1-3H3. The molecular formula is C18H30N2O. The lowest BCUT2D eigenvalue weighted by Gasteiger charge is -2.28. The van der Waals surface area contributed by atoms with Gasteiger partial charge in [-0.25, -0.2) is 0 Å². The van der Waals surface area contributed by atoms with Gasteiger partial charge in [-0.2, -0.15) is 0 Å². The summed E-state index contributed by atoms with van der Waals surface area (Å²) in [5.41, 5.74) is 7.36. The molecule has 0 spiro atoms. The minimum absolute atomic E-state index is 0.318. The minimum atomic E-state index is 0.318. The molecule has 1 aliphatic heterocycles. The van der Waals surface area contributed by atoms with Crippen molar-refractivity contribution in [3.63, 3.8) is 0 Å². The van der Waals surface area contributed by atoms with E-state index in [2.05, 4.69) is 43.9 Å². The Morgan fingerprint density at radius 1 is 1.38 bits per heavy atom. The van der Waals surface area contributed by atoms with E-state index in [1.807, 2.05) is 6.07 Å². The van der Waals surface area contributed by atoms with E-state index in [0.717, 1.165) is 37.2 Å². The zero-order valence-corrected chi connectivity index (χ0v) is 13.7. The van der Waals surface area contributed by atoms with Gasteiger partial charge in [-0.05, 0) is 48.9 Å². The summed E-state index contributed by atoms with van der Waals surface area (Å²) in [5.74, 6) is 2.53. The third kappa shape index (κ3) is 4.21. The molecule has 2 rings (SSSR count). The Bertz CT molecular complexity index is 433. The number of ether oxygens (including phenoxy) is 1. The van der Waals surface area contributed by atoms with Crippen molar-refractivity contribution in [3.05, 3.63) is 29.8 Å². The van der Waals surface area contributed by atoms with Crippen LogP contribution in [-0.4, -0.2) is 31.1 Å². The molecule has 2 N–H and O–H groups in total. The fourth-order valence-electron chi connectivity index (χ4n) is 3.17. The van der Waals surface area contributed by atoms with Crippen molar-refractivity contribution < 1.29 is 4.74 Å². The lowest BCUT2D eigenvalue weighted by molar-refractivity contribution is 0.231. The maximum Gasteiger partial charge on any atom is 0.119 e. The number of rotatable bonds is 7. The quantitative estimate of drug-likeness (QED) is 0.836. The maximum atomic E-state index is 6.07. The van der Waals surface area contributed by atoms with Crippen LogP contribution in [0.4, 0.5) is 0 Å². The van der Waals surface area contributed by atoms with E-state index >= 15 is 0 Å². The summed E-state index contributed by atoms with van der Waals surface area (Å²) in [6.07, 6.45) is 2.33. The van der Waals surface area contributed by atoms with Crippen molar-refractivity contribution in [2.24, 2.45) is 17.6 Å². The molecule has 1 aromatic carbocycles. The summed E-state index contributed by atoms with van der Waals surface area (Å²) in [7, 11) is 0. The van der Waals surface area contributed by atoms with Gasteiger partial charge in [0.15, 0.2) is 0 Å². The normalized spacial score (nSPS) is 20.9. The summed E-state index contributed by atoms with van der Waals surface area (Å²) in [6.45, 7) is 10.5. The highest BCUT2D eigenvalue weighted by Crippen LogP contribution is 2.31. The molecule has 0 saturated carbocycles. The number of likely N-dealkylation sites (tertiary alicyclic amines) is 1. The van der Waals surface area contributed by atoms with Gasteiger partial charge in [0.2, 0.25) is 0 Å². The highest BCUT2D eigenvalue weighted by atomic mass is 16.5. The van der Waals surface area contributed by atoms with Crippen molar-refractivity contribution >= 4 is 0 Å². The predicted octanol–water partition coefficient (Wildman–Crippen LogP) is 3.45. The molecule has 21 heavy (non-hydrogen) atoms. The van der Waals surface area contributed by atoms with Crippen molar-refractivity contribution in [1.29, 1.82) is 0 Å². The second-order valence-corrected chi connectivity index (χ2v) is 6.46. The van der Waals surface area contributed by atoms with Crippen LogP contribution >= 0.6 is 0 Å². The van der Waals surface area contributed by atoms with Gasteiger partial charge in [-0.3, -0.25) is 4.90 Å². The Hall–Kier alpha value is -1.06. The van der Waals surface area contributed by atoms with Crippen LogP contribution < -0.4 is 10.5 Å². The monoisotopic (exact) mass is 290 g/mol. The molecule has 0 bridgehead atoms. The molecule has 3 heteroatoms. The first-order valence-corrected chi connectivity index (χ1v) is 8.32. The SMILES string of the molecule is CCCOc1cccc(C(CN)N2CCC(C(C)C)C2)c1. The van der Waals surface area contributed by atoms with Gasteiger partial charge in [0.05, 0.1) is 6.61 Å². The topological polar surface area (TPSA) is 38.5 Å². The molecule has 2 atom stereocenters. The van der Waals surface area contributed by atoms with Crippen LogP contribution in [0.25, 0.3) is 0 Å². The average Bonchev–Trinajstić information content (AvgIpc) is 2.96. The molecule has 0 aromatic heterocycles. The summed E-state index contributed by atoms with van der Waals surface area (Å²) in [5, 5.41) is 0. The predicted molar refractivity (Wildman–Crippen MR) is 88.5 cm³/mol. The van der Waals surface area contributed by atoms with Crippen molar-refractivity contribution in [2.75, 3.05) is 26.2 Å². The molecule has 1 aromatic rings. The first kappa shape index (κ1) is 16.3. The molecule has 0 amide bonds. The second-order valence-electron chi connectivity index (χ2n) is 6.46. The molecule has 1 fully saturated rings. The molecule has 3 nitrogen and oxygen atoms in total. The number of nitrogens with zero attached hydrogens (tertiary/aromatic N) is 1. The Morgan fingerprint density at radius 2 is 2.19 bits per heavy atom. The highest BCUT2D eigenvalue weighted by molar-refractivity contribution is 5.31. The van der Waals surface area contributed by atoms with Crippen LogP contribution in [0.1, 0.15) is 45.2 Å². The van der Waals surface area contributed by atoms with Crippen LogP contribution in [0.2, 0.25) is 0 Å². The Morgan fingerprint density at radius 3 is 2.81 bits per heavy atom. The molecule has 1 saturated heterocycles. The van der Waals surface area contributed by atoms with Gasteiger partial charge in [0.1, 0.15) is 5.75 Å². The van der Waals surface area contributed by atoms with Gasteiger partial charge < -0.3 is 10.5 Å². The molecular weight excluding hydrogens is 260 g/mol. The third-order valence-electron chi connectivity index (χ3n) is 4.58. The lowest BCUT2D eigenvalue weighted by Crippen LogP contribution is -2.32. The minimum Gasteiger partial charge on any atom is -0.494 e.